The summed E-state index contributed by atoms with van der Waals surface area (Å²) in [5.41, 5.74) is 0. The summed E-state index contributed by atoms with van der Waals surface area (Å²) in [6.07, 6.45) is 93.8. The quantitative estimate of drug-likeness (QED) is 0.0261. The van der Waals surface area contributed by atoms with Gasteiger partial charge < -0.3 is 14.2 Å². The Balaban J connectivity index is 4.34. The number of hydrogen-bond acceptors (Lipinski definition) is 6. The molecule has 1 atom stereocenters. The van der Waals surface area contributed by atoms with E-state index in [2.05, 4.69) is 130 Å². The number of ether oxygens (including phenoxy) is 3. The van der Waals surface area contributed by atoms with E-state index in [4.69, 9.17) is 14.2 Å². The van der Waals surface area contributed by atoms with Crippen LogP contribution in [0.4, 0.5) is 0 Å². The highest BCUT2D eigenvalue weighted by Gasteiger charge is 2.19. The van der Waals surface area contributed by atoms with Gasteiger partial charge in [0.15, 0.2) is 6.10 Å². The van der Waals surface area contributed by atoms with E-state index >= 15 is 0 Å². The molecule has 0 amide bonds. The molecule has 0 heterocycles. The van der Waals surface area contributed by atoms with Gasteiger partial charge in [0.25, 0.3) is 0 Å². The molecule has 0 aromatic rings. The molecule has 0 aromatic heterocycles. The molecule has 0 aliphatic rings. The van der Waals surface area contributed by atoms with Crippen LogP contribution in [0.3, 0.4) is 0 Å². The van der Waals surface area contributed by atoms with Gasteiger partial charge in [0.1, 0.15) is 13.2 Å². The number of rotatable bonds is 62. The highest BCUT2D eigenvalue weighted by atomic mass is 16.6. The molecule has 1 unspecified atom stereocenters. The first-order valence-corrected chi connectivity index (χ1v) is 34.4. The number of carbonyl (C=O) groups is 3. The molecule has 6 heteroatoms. The van der Waals surface area contributed by atoms with E-state index in [0.717, 1.165) is 122 Å². The topological polar surface area (TPSA) is 78.9 Å². The van der Waals surface area contributed by atoms with Gasteiger partial charge in [-0.15, -0.1) is 0 Å². The molecule has 0 spiro atoms. The number of allylic oxidation sites excluding steroid dienone is 18. The summed E-state index contributed by atoms with van der Waals surface area (Å²) in [5, 5.41) is 0. The molecule has 6 nitrogen and oxygen atoms in total. The van der Waals surface area contributed by atoms with Crippen molar-refractivity contribution in [3.63, 3.8) is 0 Å². The predicted octanol–water partition coefficient (Wildman–Crippen LogP) is 23.8. The number of esters is 3. The van der Waals surface area contributed by atoms with Crippen LogP contribution < -0.4 is 0 Å². The lowest BCUT2D eigenvalue weighted by Gasteiger charge is -2.18. The van der Waals surface area contributed by atoms with Gasteiger partial charge in [-0.25, -0.2) is 0 Å². The molecule has 0 bridgehead atoms. The van der Waals surface area contributed by atoms with Crippen LogP contribution in [-0.4, -0.2) is 37.2 Å². The van der Waals surface area contributed by atoms with Gasteiger partial charge in [-0.2, -0.15) is 0 Å². The van der Waals surface area contributed by atoms with Crippen LogP contribution in [0.5, 0.6) is 0 Å². The lowest BCUT2D eigenvalue weighted by molar-refractivity contribution is -0.167. The highest BCUT2D eigenvalue weighted by molar-refractivity contribution is 5.71. The summed E-state index contributed by atoms with van der Waals surface area (Å²) >= 11 is 0. The Morgan fingerprint density at radius 3 is 0.778 bits per heavy atom. The fraction of sp³-hybridized carbons (Fsp3) is 0.720. The Bertz CT molecular complexity index is 1620. The monoisotopic (exact) mass is 1120 g/mol. The zero-order valence-corrected chi connectivity index (χ0v) is 53.3. The molecular formula is C75H128O6. The molecule has 0 N–H and O–H groups in total. The Labute approximate surface area is 501 Å². The second-order valence-electron chi connectivity index (χ2n) is 22.7. The lowest BCUT2D eigenvalue weighted by Crippen LogP contribution is -2.30. The van der Waals surface area contributed by atoms with Gasteiger partial charge >= 0.3 is 17.9 Å². The zero-order valence-electron chi connectivity index (χ0n) is 53.3. The molecule has 0 saturated carbocycles. The average Bonchev–Trinajstić information content (AvgIpc) is 3.47. The first-order chi connectivity index (χ1) is 40.0. The largest absolute Gasteiger partial charge is 0.462 e. The summed E-state index contributed by atoms with van der Waals surface area (Å²) < 4.78 is 17.0. The maximum Gasteiger partial charge on any atom is 0.306 e. The van der Waals surface area contributed by atoms with Crippen molar-refractivity contribution in [1.82, 2.24) is 0 Å². The van der Waals surface area contributed by atoms with Gasteiger partial charge in [-0.05, 0) is 109 Å². The summed E-state index contributed by atoms with van der Waals surface area (Å²) in [4.78, 5) is 38.4. The molecule has 0 aliphatic heterocycles. The first kappa shape index (κ1) is 77.1. The second-order valence-corrected chi connectivity index (χ2v) is 22.7. The van der Waals surface area contributed by atoms with Crippen LogP contribution in [0.25, 0.3) is 0 Å². The van der Waals surface area contributed by atoms with Crippen LogP contribution >= 0.6 is 0 Å². The second kappa shape index (κ2) is 68.6. The van der Waals surface area contributed by atoms with Gasteiger partial charge in [0.05, 0.1) is 0 Å². The van der Waals surface area contributed by atoms with E-state index in [1.54, 1.807) is 0 Å². The van der Waals surface area contributed by atoms with E-state index in [0.29, 0.717) is 19.3 Å². The normalized spacial score (nSPS) is 12.8. The third-order valence-corrected chi connectivity index (χ3v) is 14.8. The molecule has 464 valence electrons. The summed E-state index contributed by atoms with van der Waals surface area (Å²) in [7, 11) is 0. The minimum absolute atomic E-state index is 0.0820. The van der Waals surface area contributed by atoms with Crippen molar-refractivity contribution in [3.8, 4) is 0 Å². The number of unbranched alkanes of at least 4 members (excludes halogenated alkanes) is 33. The summed E-state index contributed by atoms with van der Waals surface area (Å²) in [6.45, 7) is 6.52. The average molecular weight is 1130 g/mol. The van der Waals surface area contributed by atoms with Crippen molar-refractivity contribution in [3.05, 3.63) is 109 Å². The SMILES string of the molecule is CC/C=C\C/C=C\C/C=C\C/C=C\C/C=C\C/C=C\CCCCCCCCCCCCC(=O)OCC(COC(=O)CCCCCCCCCCCCCCCCC)OC(=O)CCCCCCCC/C=C\C/C=C\C/C=C\CCCCC. The van der Waals surface area contributed by atoms with Crippen LogP contribution in [0.15, 0.2) is 109 Å². The molecule has 0 aliphatic carbocycles. The minimum Gasteiger partial charge on any atom is -0.462 e. The molecule has 0 rings (SSSR count). The van der Waals surface area contributed by atoms with E-state index in [9.17, 15) is 14.4 Å². The van der Waals surface area contributed by atoms with Gasteiger partial charge in [0, 0.05) is 19.3 Å². The van der Waals surface area contributed by atoms with Crippen molar-refractivity contribution in [2.24, 2.45) is 0 Å². The fourth-order valence-corrected chi connectivity index (χ4v) is 9.63. The fourth-order valence-electron chi connectivity index (χ4n) is 9.63. The van der Waals surface area contributed by atoms with Crippen molar-refractivity contribution in [2.75, 3.05) is 13.2 Å². The van der Waals surface area contributed by atoms with Crippen LogP contribution in [0.2, 0.25) is 0 Å². The maximum atomic E-state index is 12.9. The van der Waals surface area contributed by atoms with E-state index < -0.39 is 6.10 Å². The van der Waals surface area contributed by atoms with Gasteiger partial charge in [-0.3, -0.25) is 14.4 Å². The molecular weight excluding hydrogens is 997 g/mol. The van der Waals surface area contributed by atoms with E-state index in [1.165, 1.54) is 167 Å². The van der Waals surface area contributed by atoms with Crippen LogP contribution in [0.1, 0.15) is 329 Å². The minimum atomic E-state index is -0.788. The Hall–Kier alpha value is -3.93. The third-order valence-electron chi connectivity index (χ3n) is 14.8. The first-order valence-electron chi connectivity index (χ1n) is 34.4. The number of carbonyl (C=O) groups excluding carboxylic acids is 3. The summed E-state index contributed by atoms with van der Waals surface area (Å²) in [6, 6.07) is 0. The highest BCUT2D eigenvalue weighted by Crippen LogP contribution is 2.17. The third kappa shape index (κ3) is 66.8. The van der Waals surface area contributed by atoms with Gasteiger partial charge in [-0.1, -0.05) is 310 Å². The molecule has 0 aromatic carbocycles. The number of hydrogen-bond donors (Lipinski definition) is 0. The van der Waals surface area contributed by atoms with Crippen LogP contribution in [0, 0.1) is 0 Å². The predicted molar refractivity (Wildman–Crippen MR) is 353 cm³/mol. The van der Waals surface area contributed by atoms with Crippen LogP contribution in [-0.2, 0) is 28.6 Å². The van der Waals surface area contributed by atoms with Crippen molar-refractivity contribution in [1.29, 1.82) is 0 Å². The summed E-state index contributed by atoms with van der Waals surface area (Å²) in [5.74, 6) is -0.886. The Kier molecular flexibility index (Phi) is 65.2. The molecule has 0 saturated heterocycles. The van der Waals surface area contributed by atoms with Crippen molar-refractivity contribution >= 4 is 17.9 Å². The van der Waals surface area contributed by atoms with E-state index in [-0.39, 0.29) is 31.1 Å². The lowest BCUT2D eigenvalue weighted by atomic mass is 10.0. The van der Waals surface area contributed by atoms with Gasteiger partial charge in [0.2, 0.25) is 0 Å². The van der Waals surface area contributed by atoms with E-state index in [1.807, 2.05) is 0 Å². The van der Waals surface area contributed by atoms with Crippen molar-refractivity contribution in [2.45, 2.75) is 335 Å². The molecule has 0 radical (unpaired) electrons. The molecule has 0 fully saturated rings. The standard InChI is InChI=1S/C75H128O6/c1-4-7-10-13-16-19-22-25-28-30-32-33-34-35-36-37-38-39-40-41-43-44-47-50-53-56-59-62-65-68-74(77)80-71-72(70-79-73(76)67-64-61-58-55-52-49-46-27-24-21-18-15-12-9-6-3)81-75(78)69-66-63-60-57-54-51-48-45-42-31-29-26-23-20-17-14-11-8-5-2/h7,10,16-17,19-20,25-26,28-29,32-33,35-36,38-39,42,45,72H,4-6,8-9,11-15,18,21-24,27,30-31,34,37,40-41,43-44,46-71H2,1-3H3/b10-7-,19-16-,20-17-,28-25-,29-26-,33-32-,36-35-,39-38-,45-42-. The zero-order chi connectivity index (χ0) is 58.5. The smallest absolute Gasteiger partial charge is 0.306 e. The molecule has 81 heavy (non-hydrogen) atoms. The Morgan fingerprint density at radius 1 is 0.259 bits per heavy atom. The Morgan fingerprint density at radius 2 is 0.481 bits per heavy atom. The maximum absolute atomic E-state index is 12.9. The van der Waals surface area contributed by atoms with Crippen molar-refractivity contribution < 1.29 is 28.6 Å².